The van der Waals surface area contributed by atoms with Gasteiger partial charge in [0.2, 0.25) is 5.91 Å². The smallest absolute Gasteiger partial charge is 0.251 e. The Hall–Kier alpha value is -2.86. The lowest BCUT2D eigenvalue weighted by molar-refractivity contribution is -0.154. The van der Waals surface area contributed by atoms with E-state index in [1.807, 2.05) is 42.2 Å². The van der Waals surface area contributed by atoms with Crippen molar-refractivity contribution in [1.82, 2.24) is 10.2 Å². The number of piperidine rings is 1. The molecule has 3 unspecified atom stereocenters. The number of para-hydroxylation sites is 1. The van der Waals surface area contributed by atoms with E-state index in [4.69, 9.17) is 4.74 Å². The topological polar surface area (TPSA) is 78.9 Å². The summed E-state index contributed by atoms with van der Waals surface area (Å²) in [4.78, 5) is 27.7. The van der Waals surface area contributed by atoms with Crippen molar-refractivity contribution in [3.05, 3.63) is 65.7 Å². The molecule has 170 valence electrons. The second kappa shape index (κ2) is 9.74. The molecule has 6 heteroatoms. The maximum absolute atomic E-state index is 13.4. The molecular formula is C26H32N2O4. The van der Waals surface area contributed by atoms with Crippen LogP contribution in [0, 0.1) is 5.92 Å². The van der Waals surface area contributed by atoms with E-state index >= 15 is 0 Å². The maximum atomic E-state index is 13.4. The molecule has 1 aliphatic carbocycles. The highest BCUT2D eigenvalue weighted by molar-refractivity contribution is 5.96. The van der Waals surface area contributed by atoms with Crippen LogP contribution in [0.4, 0.5) is 0 Å². The molecule has 0 spiro atoms. The van der Waals surface area contributed by atoms with E-state index in [0.29, 0.717) is 25.1 Å². The zero-order valence-corrected chi connectivity index (χ0v) is 18.6. The number of hydrogen-bond acceptors (Lipinski definition) is 4. The molecular weight excluding hydrogens is 404 g/mol. The van der Waals surface area contributed by atoms with Crippen molar-refractivity contribution < 1.29 is 19.4 Å². The maximum Gasteiger partial charge on any atom is 0.251 e. The SMILES string of the molecule is CCOc1ccccc1C1C2CCCCC2(O)CCN1C(=O)CNC(=O)c1ccccc1. The van der Waals surface area contributed by atoms with Crippen LogP contribution in [0.5, 0.6) is 5.75 Å². The fraction of sp³-hybridized carbons (Fsp3) is 0.462. The second-order valence-electron chi connectivity index (χ2n) is 8.76. The minimum atomic E-state index is -0.772. The molecule has 1 heterocycles. The van der Waals surface area contributed by atoms with Crippen molar-refractivity contribution in [2.75, 3.05) is 19.7 Å². The standard InChI is InChI=1S/C26H32N2O4/c1-2-32-22-14-7-6-12-20(22)24-21-13-8-9-15-26(21,31)16-17-28(24)23(29)18-27-25(30)19-10-4-3-5-11-19/h3-7,10-12,14,21,24,31H,2,8-9,13,15-18H2,1H3,(H,27,30). The van der Waals surface area contributed by atoms with Crippen LogP contribution in [-0.4, -0.2) is 47.1 Å². The molecule has 6 nitrogen and oxygen atoms in total. The Kier molecular flexibility index (Phi) is 6.80. The fourth-order valence-electron chi connectivity index (χ4n) is 5.31. The third-order valence-electron chi connectivity index (χ3n) is 6.86. The second-order valence-corrected chi connectivity index (χ2v) is 8.76. The molecule has 4 rings (SSSR count). The van der Waals surface area contributed by atoms with Crippen LogP contribution >= 0.6 is 0 Å². The van der Waals surface area contributed by atoms with Gasteiger partial charge in [-0.15, -0.1) is 0 Å². The molecule has 0 aromatic heterocycles. The molecule has 32 heavy (non-hydrogen) atoms. The number of carbonyl (C=O) groups excluding carboxylic acids is 2. The van der Waals surface area contributed by atoms with Crippen molar-refractivity contribution >= 4 is 11.8 Å². The van der Waals surface area contributed by atoms with Crippen LogP contribution in [0.1, 0.15) is 61.0 Å². The van der Waals surface area contributed by atoms with Gasteiger partial charge >= 0.3 is 0 Å². The Morgan fingerprint density at radius 1 is 1.09 bits per heavy atom. The molecule has 0 bridgehead atoms. The number of hydrogen-bond donors (Lipinski definition) is 2. The summed E-state index contributed by atoms with van der Waals surface area (Å²) in [6.45, 7) is 2.85. The first-order chi connectivity index (χ1) is 15.5. The van der Waals surface area contributed by atoms with Crippen LogP contribution < -0.4 is 10.1 Å². The Morgan fingerprint density at radius 3 is 2.62 bits per heavy atom. The molecule has 2 fully saturated rings. The molecule has 1 saturated carbocycles. The molecule has 2 aromatic carbocycles. The van der Waals surface area contributed by atoms with Crippen LogP contribution in [-0.2, 0) is 4.79 Å². The molecule has 3 atom stereocenters. The average Bonchev–Trinajstić information content (AvgIpc) is 2.82. The van der Waals surface area contributed by atoms with Crippen LogP contribution in [0.15, 0.2) is 54.6 Å². The van der Waals surface area contributed by atoms with E-state index in [0.717, 1.165) is 37.0 Å². The number of likely N-dealkylation sites (tertiary alicyclic amines) is 1. The lowest BCUT2D eigenvalue weighted by Gasteiger charge is -2.52. The minimum absolute atomic E-state index is 0.0552. The average molecular weight is 437 g/mol. The molecule has 2 aliphatic rings. The number of fused-ring (bicyclic) bond motifs is 1. The van der Waals surface area contributed by atoms with Gasteiger partial charge in [0.25, 0.3) is 5.91 Å². The van der Waals surface area contributed by atoms with E-state index in [2.05, 4.69) is 5.32 Å². The van der Waals surface area contributed by atoms with Gasteiger partial charge < -0.3 is 20.1 Å². The Bertz CT molecular complexity index is 948. The highest BCUT2D eigenvalue weighted by atomic mass is 16.5. The van der Waals surface area contributed by atoms with Gasteiger partial charge in [-0.3, -0.25) is 9.59 Å². The Morgan fingerprint density at radius 2 is 1.84 bits per heavy atom. The molecule has 2 N–H and O–H groups in total. The van der Waals surface area contributed by atoms with Gasteiger partial charge in [-0.1, -0.05) is 49.2 Å². The van der Waals surface area contributed by atoms with Crippen molar-refractivity contribution in [3.63, 3.8) is 0 Å². The summed E-state index contributed by atoms with van der Waals surface area (Å²) in [7, 11) is 0. The normalized spacial score (nSPS) is 25.0. The molecule has 2 amide bonds. The van der Waals surface area contributed by atoms with Gasteiger partial charge in [0.1, 0.15) is 5.75 Å². The number of rotatable bonds is 6. The Labute approximate surface area is 189 Å². The number of aliphatic hydroxyl groups is 1. The van der Waals surface area contributed by atoms with E-state index in [1.165, 1.54) is 0 Å². The number of benzene rings is 2. The van der Waals surface area contributed by atoms with Gasteiger partial charge in [0.05, 0.1) is 24.8 Å². The first-order valence-corrected chi connectivity index (χ1v) is 11.6. The monoisotopic (exact) mass is 436 g/mol. The van der Waals surface area contributed by atoms with E-state index in [1.54, 1.807) is 24.3 Å². The van der Waals surface area contributed by atoms with E-state index in [-0.39, 0.29) is 30.3 Å². The number of nitrogens with zero attached hydrogens (tertiary/aromatic N) is 1. The predicted molar refractivity (Wildman–Crippen MR) is 122 cm³/mol. The van der Waals surface area contributed by atoms with Gasteiger partial charge in [-0.2, -0.15) is 0 Å². The fourth-order valence-corrected chi connectivity index (χ4v) is 5.31. The third kappa shape index (κ3) is 4.51. The summed E-state index contributed by atoms with van der Waals surface area (Å²) in [6.07, 6.45) is 4.23. The molecule has 1 aliphatic heterocycles. The van der Waals surface area contributed by atoms with Crippen molar-refractivity contribution in [2.45, 2.75) is 50.7 Å². The quantitative estimate of drug-likeness (QED) is 0.724. The molecule has 1 saturated heterocycles. The lowest BCUT2D eigenvalue weighted by Crippen LogP contribution is -2.57. The summed E-state index contributed by atoms with van der Waals surface area (Å²) >= 11 is 0. The number of ether oxygens (including phenoxy) is 1. The van der Waals surface area contributed by atoms with Crippen LogP contribution in [0.25, 0.3) is 0 Å². The van der Waals surface area contributed by atoms with Gasteiger partial charge in [0, 0.05) is 23.6 Å². The molecule has 2 aromatic rings. The van der Waals surface area contributed by atoms with Crippen LogP contribution in [0.3, 0.4) is 0 Å². The summed E-state index contributed by atoms with van der Waals surface area (Å²) in [5.74, 6) is 0.288. The van der Waals surface area contributed by atoms with Gasteiger partial charge in [-0.05, 0) is 44.4 Å². The zero-order chi connectivity index (χ0) is 22.6. The van der Waals surface area contributed by atoms with Gasteiger partial charge in [0.15, 0.2) is 0 Å². The largest absolute Gasteiger partial charge is 0.494 e. The highest BCUT2D eigenvalue weighted by Crippen LogP contribution is 2.50. The van der Waals surface area contributed by atoms with Crippen molar-refractivity contribution in [2.24, 2.45) is 5.92 Å². The highest BCUT2D eigenvalue weighted by Gasteiger charge is 2.50. The lowest BCUT2D eigenvalue weighted by atomic mass is 9.66. The first-order valence-electron chi connectivity index (χ1n) is 11.6. The van der Waals surface area contributed by atoms with Crippen LogP contribution in [0.2, 0.25) is 0 Å². The predicted octanol–water partition coefficient (Wildman–Crippen LogP) is 3.71. The summed E-state index contributed by atoms with van der Waals surface area (Å²) in [5.41, 5.74) is 0.688. The molecule has 0 radical (unpaired) electrons. The third-order valence-corrected chi connectivity index (χ3v) is 6.86. The van der Waals surface area contributed by atoms with Gasteiger partial charge in [-0.25, -0.2) is 0 Å². The summed E-state index contributed by atoms with van der Waals surface area (Å²) < 4.78 is 5.90. The van der Waals surface area contributed by atoms with E-state index < -0.39 is 5.60 Å². The van der Waals surface area contributed by atoms with Crippen molar-refractivity contribution in [1.29, 1.82) is 0 Å². The number of nitrogens with one attached hydrogen (secondary N) is 1. The first kappa shape index (κ1) is 22.3. The van der Waals surface area contributed by atoms with E-state index in [9.17, 15) is 14.7 Å². The Balaban J connectivity index is 1.59. The van der Waals surface area contributed by atoms with Crippen molar-refractivity contribution in [3.8, 4) is 5.75 Å². The minimum Gasteiger partial charge on any atom is -0.494 e. The zero-order valence-electron chi connectivity index (χ0n) is 18.6. The number of amides is 2. The summed E-state index contributed by atoms with van der Waals surface area (Å²) in [5, 5.41) is 14.2. The number of carbonyl (C=O) groups is 2. The summed E-state index contributed by atoms with van der Waals surface area (Å²) in [6, 6.07) is 16.4.